The monoisotopic (exact) mass is 291 g/mol. The second-order valence-corrected chi connectivity index (χ2v) is 5.02. The summed E-state index contributed by atoms with van der Waals surface area (Å²) in [5.41, 5.74) is 7.90. The van der Waals surface area contributed by atoms with Gasteiger partial charge in [-0.15, -0.1) is 5.10 Å². The van der Waals surface area contributed by atoms with E-state index in [1.165, 1.54) is 0 Å². The predicted octanol–water partition coefficient (Wildman–Crippen LogP) is 2.66. The summed E-state index contributed by atoms with van der Waals surface area (Å²) in [6.45, 7) is 0. The molecule has 5 nitrogen and oxygen atoms in total. The largest absolute Gasteiger partial charge is 0.497 e. The number of halogens is 1. The molecule has 0 unspecified atom stereocenters. The van der Waals surface area contributed by atoms with E-state index in [2.05, 4.69) is 10.2 Å². The van der Waals surface area contributed by atoms with Crippen molar-refractivity contribution in [2.24, 2.45) is 5.73 Å². The molecule has 1 aromatic heterocycles. The minimum Gasteiger partial charge on any atom is -0.497 e. The fourth-order valence-corrected chi connectivity index (χ4v) is 2.39. The van der Waals surface area contributed by atoms with Gasteiger partial charge in [-0.1, -0.05) is 17.7 Å². The van der Waals surface area contributed by atoms with Gasteiger partial charge in [0.25, 0.3) is 0 Å². The molecule has 104 valence electrons. The lowest BCUT2D eigenvalue weighted by atomic mass is 9.95. The van der Waals surface area contributed by atoms with Gasteiger partial charge in [-0.05, 0) is 18.2 Å². The molecule has 0 bridgehead atoms. The van der Waals surface area contributed by atoms with E-state index >= 15 is 0 Å². The Balaban J connectivity index is 1.92. The second kappa shape index (κ2) is 5.26. The van der Waals surface area contributed by atoms with Gasteiger partial charge in [0, 0.05) is 24.1 Å². The quantitative estimate of drug-likeness (QED) is 0.921. The van der Waals surface area contributed by atoms with Gasteiger partial charge in [0.1, 0.15) is 23.3 Å². The number of aromatic nitrogens is 2. The molecular formula is C14H14ClN3O2. The van der Waals surface area contributed by atoms with Crippen LogP contribution in [0, 0.1) is 0 Å². The first kappa shape index (κ1) is 13.1. The van der Waals surface area contributed by atoms with E-state index in [-0.39, 0.29) is 12.1 Å². The molecule has 1 aliphatic heterocycles. The number of nitrogens with two attached hydrogens (primary N) is 1. The molecule has 0 fully saturated rings. The van der Waals surface area contributed by atoms with Crippen molar-refractivity contribution in [3.8, 4) is 11.5 Å². The Morgan fingerprint density at radius 1 is 1.30 bits per heavy atom. The van der Waals surface area contributed by atoms with Crippen LogP contribution < -0.4 is 15.2 Å². The zero-order valence-corrected chi connectivity index (χ0v) is 11.7. The van der Waals surface area contributed by atoms with Crippen LogP contribution in [0.15, 0.2) is 30.3 Å². The summed E-state index contributed by atoms with van der Waals surface area (Å²) in [7, 11) is 1.62. The highest BCUT2D eigenvalue weighted by molar-refractivity contribution is 6.29. The summed E-state index contributed by atoms with van der Waals surface area (Å²) in [5, 5.41) is 8.25. The van der Waals surface area contributed by atoms with Gasteiger partial charge in [0.15, 0.2) is 5.15 Å². The Morgan fingerprint density at radius 2 is 2.15 bits per heavy atom. The zero-order chi connectivity index (χ0) is 14.1. The minimum absolute atomic E-state index is 0.105. The molecule has 2 N–H and O–H groups in total. The smallest absolute Gasteiger partial charge is 0.151 e. The molecule has 6 heteroatoms. The van der Waals surface area contributed by atoms with Crippen LogP contribution in [0.5, 0.6) is 11.5 Å². The fourth-order valence-electron chi connectivity index (χ4n) is 2.29. The second-order valence-electron chi connectivity index (χ2n) is 4.63. The van der Waals surface area contributed by atoms with E-state index in [0.29, 0.717) is 11.6 Å². The number of rotatable bonds is 2. The lowest BCUT2D eigenvalue weighted by Gasteiger charge is -2.29. The highest BCUT2D eigenvalue weighted by Gasteiger charge is 2.28. The van der Waals surface area contributed by atoms with Crippen molar-refractivity contribution in [3.63, 3.8) is 0 Å². The number of ether oxygens (including phenoxy) is 2. The average Bonchev–Trinajstić information content (AvgIpc) is 2.47. The number of benzene rings is 1. The summed E-state index contributed by atoms with van der Waals surface area (Å²) in [5.74, 6) is 1.46. The number of nitrogens with zero attached hydrogens (tertiary/aromatic N) is 2. The van der Waals surface area contributed by atoms with Crippen LogP contribution >= 0.6 is 11.6 Å². The van der Waals surface area contributed by atoms with Gasteiger partial charge in [0.2, 0.25) is 0 Å². The van der Waals surface area contributed by atoms with Crippen LogP contribution in [-0.2, 0) is 0 Å². The molecule has 0 saturated carbocycles. The molecule has 0 spiro atoms. The first-order valence-electron chi connectivity index (χ1n) is 6.26. The summed E-state index contributed by atoms with van der Waals surface area (Å²) in [6, 6.07) is 9.04. The number of fused-ring (bicyclic) bond motifs is 1. The third-order valence-corrected chi connectivity index (χ3v) is 3.54. The first-order chi connectivity index (χ1) is 9.67. The molecular weight excluding hydrogens is 278 g/mol. The van der Waals surface area contributed by atoms with E-state index in [4.69, 9.17) is 26.8 Å². The van der Waals surface area contributed by atoms with E-state index in [0.717, 1.165) is 22.8 Å². The van der Waals surface area contributed by atoms with E-state index < -0.39 is 0 Å². The van der Waals surface area contributed by atoms with E-state index in [9.17, 15) is 0 Å². The van der Waals surface area contributed by atoms with Crippen LogP contribution in [0.4, 0.5) is 0 Å². The summed E-state index contributed by atoms with van der Waals surface area (Å²) in [4.78, 5) is 0. The lowest BCUT2D eigenvalue weighted by molar-refractivity contribution is 0.155. The van der Waals surface area contributed by atoms with Crippen LogP contribution in [-0.4, -0.2) is 17.3 Å². The molecule has 1 aromatic carbocycles. The topological polar surface area (TPSA) is 70.3 Å². The molecule has 2 aromatic rings. The molecule has 0 aliphatic carbocycles. The minimum atomic E-state index is -0.227. The van der Waals surface area contributed by atoms with Crippen LogP contribution in [0.2, 0.25) is 5.15 Å². The zero-order valence-electron chi connectivity index (χ0n) is 10.9. The maximum Gasteiger partial charge on any atom is 0.151 e. The molecule has 0 amide bonds. The third kappa shape index (κ3) is 2.42. The van der Waals surface area contributed by atoms with Gasteiger partial charge in [-0.25, -0.2) is 0 Å². The van der Waals surface area contributed by atoms with Gasteiger partial charge in [-0.2, -0.15) is 5.10 Å². The normalized spacial score (nSPS) is 20.9. The third-order valence-electron chi connectivity index (χ3n) is 3.34. The van der Waals surface area contributed by atoms with E-state index in [1.807, 2.05) is 18.2 Å². The van der Waals surface area contributed by atoms with Crippen molar-refractivity contribution in [2.75, 3.05) is 7.11 Å². The van der Waals surface area contributed by atoms with Crippen molar-refractivity contribution in [1.29, 1.82) is 0 Å². The highest BCUT2D eigenvalue weighted by Crippen LogP contribution is 2.40. The van der Waals surface area contributed by atoms with Crippen LogP contribution in [0.25, 0.3) is 0 Å². The van der Waals surface area contributed by atoms with Gasteiger partial charge >= 0.3 is 0 Å². The van der Waals surface area contributed by atoms with Gasteiger partial charge in [-0.3, -0.25) is 0 Å². The Kier molecular flexibility index (Phi) is 3.46. The summed E-state index contributed by atoms with van der Waals surface area (Å²) >= 11 is 5.74. The van der Waals surface area contributed by atoms with Gasteiger partial charge < -0.3 is 15.2 Å². The van der Waals surface area contributed by atoms with Crippen molar-refractivity contribution in [2.45, 2.75) is 18.6 Å². The number of hydrogen-bond donors (Lipinski definition) is 1. The average molecular weight is 292 g/mol. The molecule has 2 heterocycles. The SMILES string of the molecule is COc1ccc2c(c1)O[C@@H](c1ccc(Cl)nn1)C[C@H]2N. The predicted molar refractivity (Wildman–Crippen MR) is 75.0 cm³/mol. The molecule has 1 aliphatic rings. The molecule has 0 radical (unpaired) electrons. The fraction of sp³-hybridized carbons (Fsp3) is 0.286. The Morgan fingerprint density at radius 3 is 2.85 bits per heavy atom. The lowest BCUT2D eigenvalue weighted by Crippen LogP contribution is -2.24. The Labute approximate surface area is 121 Å². The number of methoxy groups -OCH3 is 1. The van der Waals surface area contributed by atoms with Crippen LogP contribution in [0.1, 0.15) is 29.8 Å². The van der Waals surface area contributed by atoms with Crippen molar-refractivity contribution in [3.05, 3.63) is 46.7 Å². The van der Waals surface area contributed by atoms with Crippen molar-refractivity contribution >= 4 is 11.6 Å². The molecule has 20 heavy (non-hydrogen) atoms. The maximum atomic E-state index is 6.20. The summed E-state index contributed by atoms with van der Waals surface area (Å²) in [6.07, 6.45) is 0.421. The number of hydrogen-bond acceptors (Lipinski definition) is 5. The Bertz CT molecular complexity index is 618. The van der Waals surface area contributed by atoms with Gasteiger partial charge in [0.05, 0.1) is 7.11 Å². The maximum absolute atomic E-state index is 6.20. The summed E-state index contributed by atoms with van der Waals surface area (Å²) < 4.78 is 11.2. The Hall–Kier alpha value is -1.85. The van der Waals surface area contributed by atoms with E-state index in [1.54, 1.807) is 19.2 Å². The highest BCUT2D eigenvalue weighted by atomic mass is 35.5. The molecule has 2 atom stereocenters. The molecule has 0 saturated heterocycles. The van der Waals surface area contributed by atoms with Crippen molar-refractivity contribution in [1.82, 2.24) is 10.2 Å². The standard InChI is InChI=1S/C14H14ClN3O2/c1-19-8-2-3-9-10(16)7-13(20-12(9)6-8)11-4-5-14(15)18-17-11/h2-6,10,13H,7,16H2,1H3/t10-,13-/m1/s1. The van der Waals surface area contributed by atoms with Crippen molar-refractivity contribution < 1.29 is 9.47 Å². The van der Waals surface area contributed by atoms with Crippen LogP contribution in [0.3, 0.4) is 0 Å². The first-order valence-corrected chi connectivity index (χ1v) is 6.64. The molecule has 3 rings (SSSR count).